The maximum Gasteiger partial charge on any atom is 0.270 e. The number of hydrogen-bond donors (Lipinski definition) is 1. The number of halogens is 2. The van der Waals surface area contributed by atoms with Gasteiger partial charge >= 0.3 is 0 Å². The van der Waals surface area contributed by atoms with Crippen LogP contribution in [0.3, 0.4) is 0 Å². The van der Waals surface area contributed by atoms with Gasteiger partial charge in [0.1, 0.15) is 11.6 Å². The molecule has 1 fully saturated rings. The smallest absolute Gasteiger partial charge is 0.270 e. The second-order valence-electron chi connectivity index (χ2n) is 5.78. The molecule has 1 aromatic carbocycles. The first kappa shape index (κ1) is 15.5. The molecule has 0 saturated carbocycles. The molecular weight excluding hydrogens is 304 g/mol. The number of amides is 1. The van der Waals surface area contributed by atoms with E-state index in [1.54, 1.807) is 11.6 Å². The minimum Gasteiger partial charge on any atom is -0.364 e. The largest absolute Gasteiger partial charge is 0.364 e. The Morgan fingerprint density at radius 1 is 1.43 bits per heavy atom. The quantitative estimate of drug-likeness (QED) is 0.924. The van der Waals surface area contributed by atoms with E-state index < -0.39 is 17.5 Å². The SMILES string of the molecule is Cc1ccc(F)c(CN2CCC(n3cc(C(N)=O)nn3)C2)c1F. The first-order valence-electron chi connectivity index (χ1n) is 7.33. The molecule has 2 aromatic rings. The molecular formula is C15H17F2N5O. The predicted octanol–water partition coefficient (Wildman–Crippen LogP) is 1.41. The molecule has 0 spiro atoms. The van der Waals surface area contributed by atoms with E-state index in [0.29, 0.717) is 18.7 Å². The Labute approximate surface area is 131 Å². The third-order valence-electron chi connectivity index (χ3n) is 4.15. The van der Waals surface area contributed by atoms with Crippen LogP contribution in [0, 0.1) is 18.6 Å². The summed E-state index contributed by atoms with van der Waals surface area (Å²) in [6, 6.07) is 2.73. The number of nitrogens with zero attached hydrogens (tertiary/aromatic N) is 4. The Hall–Kier alpha value is -2.35. The maximum atomic E-state index is 14.1. The number of nitrogens with two attached hydrogens (primary N) is 1. The summed E-state index contributed by atoms with van der Waals surface area (Å²) in [7, 11) is 0. The van der Waals surface area contributed by atoms with Crippen LogP contribution in [0.5, 0.6) is 0 Å². The monoisotopic (exact) mass is 321 g/mol. The van der Waals surface area contributed by atoms with Crippen molar-refractivity contribution in [2.75, 3.05) is 13.1 Å². The molecule has 1 unspecified atom stereocenters. The number of likely N-dealkylation sites (tertiary alicyclic amines) is 1. The van der Waals surface area contributed by atoms with Gasteiger partial charge in [-0.05, 0) is 25.0 Å². The van der Waals surface area contributed by atoms with Crippen LogP contribution in [-0.2, 0) is 6.54 Å². The highest BCUT2D eigenvalue weighted by Gasteiger charge is 2.27. The standard InChI is InChI=1S/C15H17F2N5O/c1-9-2-3-12(16)11(14(9)17)7-21-5-4-10(6-21)22-8-13(15(18)23)19-20-22/h2-3,8,10H,4-7H2,1H3,(H2,18,23). The van der Waals surface area contributed by atoms with Crippen LogP contribution in [0.1, 0.15) is 34.1 Å². The van der Waals surface area contributed by atoms with Crippen molar-refractivity contribution < 1.29 is 13.6 Å². The lowest BCUT2D eigenvalue weighted by atomic mass is 10.1. The Morgan fingerprint density at radius 3 is 2.91 bits per heavy atom. The van der Waals surface area contributed by atoms with Crippen molar-refractivity contribution >= 4 is 5.91 Å². The Balaban J connectivity index is 1.71. The summed E-state index contributed by atoms with van der Waals surface area (Å²) < 4.78 is 29.5. The van der Waals surface area contributed by atoms with E-state index in [1.165, 1.54) is 18.3 Å². The van der Waals surface area contributed by atoms with E-state index in [9.17, 15) is 13.6 Å². The number of hydrogen-bond acceptors (Lipinski definition) is 4. The molecule has 1 aliphatic rings. The van der Waals surface area contributed by atoms with Gasteiger partial charge in [0, 0.05) is 25.2 Å². The van der Waals surface area contributed by atoms with Crippen molar-refractivity contribution in [3.8, 4) is 0 Å². The number of carbonyl (C=O) groups is 1. The van der Waals surface area contributed by atoms with Crippen molar-refractivity contribution in [1.82, 2.24) is 19.9 Å². The van der Waals surface area contributed by atoms with Gasteiger partial charge in [-0.1, -0.05) is 11.3 Å². The van der Waals surface area contributed by atoms with Crippen LogP contribution in [0.4, 0.5) is 8.78 Å². The Morgan fingerprint density at radius 2 is 2.22 bits per heavy atom. The van der Waals surface area contributed by atoms with Gasteiger partial charge in [0.25, 0.3) is 5.91 Å². The number of aromatic nitrogens is 3. The van der Waals surface area contributed by atoms with Gasteiger partial charge in [-0.25, -0.2) is 13.5 Å². The Bertz CT molecular complexity index is 745. The molecule has 0 bridgehead atoms. The lowest BCUT2D eigenvalue weighted by Crippen LogP contribution is -2.23. The predicted molar refractivity (Wildman–Crippen MR) is 78.6 cm³/mol. The highest BCUT2D eigenvalue weighted by molar-refractivity contribution is 5.90. The van der Waals surface area contributed by atoms with Crippen LogP contribution >= 0.6 is 0 Å². The second-order valence-corrected chi connectivity index (χ2v) is 5.78. The topological polar surface area (TPSA) is 77.0 Å². The van der Waals surface area contributed by atoms with Gasteiger partial charge in [0.15, 0.2) is 5.69 Å². The number of benzene rings is 1. The molecule has 2 heterocycles. The summed E-state index contributed by atoms with van der Waals surface area (Å²) in [5, 5.41) is 7.61. The fraction of sp³-hybridized carbons (Fsp3) is 0.400. The highest BCUT2D eigenvalue weighted by Crippen LogP contribution is 2.25. The number of aryl methyl sites for hydroxylation is 1. The minimum absolute atomic E-state index is 0.00605. The zero-order valence-corrected chi connectivity index (χ0v) is 12.7. The summed E-state index contributed by atoms with van der Waals surface area (Å²) in [6.07, 6.45) is 2.26. The van der Waals surface area contributed by atoms with E-state index in [2.05, 4.69) is 10.3 Å². The molecule has 0 radical (unpaired) electrons. The molecule has 6 nitrogen and oxygen atoms in total. The first-order chi connectivity index (χ1) is 11.0. The van der Waals surface area contributed by atoms with Crippen LogP contribution in [0.2, 0.25) is 0 Å². The molecule has 3 rings (SSSR count). The molecule has 8 heteroatoms. The summed E-state index contributed by atoms with van der Waals surface area (Å²) in [6.45, 7) is 3.08. The van der Waals surface area contributed by atoms with Gasteiger partial charge in [-0.15, -0.1) is 5.10 Å². The summed E-state index contributed by atoms with van der Waals surface area (Å²) in [5.41, 5.74) is 5.78. The normalized spacial score (nSPS) is 18.5. The van der Waals surface area contributed by atoms with E-state index in [1.807, 2.05) is 4.90 Å². The lowest BCUT2D eigenvalue weighted by Gasteiger charge is -2.17. The number of carbonyl (C=O) groups excluding carboxylic acids is 1. The molecule has 1 amide bonds. The van der Waals surface area contributed by atoms with Crippen LogP contribution < -0.4 is 5.73 Å². The fourth-order valence-corrected chi connectivity index (χ4v) is 2.82. The zero-order valence-electron chi connectivity index (χ0n) is 12.7. The van der Waals surface area contributed by atoms with Crippen molar-refractivity contribution in [2.45, 2.75) is 25.9 Å². The molecule has 122 valence electrons. The van der Waals surface area contributed by atoms with Crippen LogP contribution in [0.25, 0.3) is 0 Å². The lowest BCUT2D eigenvalue weighted by molar-refractivity contribution is 0.0995. The number of rotatable bonds is 4. The van der Waals surface area contributed by atoms with E-state index >= 15 is 0 Å². The van der Waals surface area contributed by atoms with Gasteiger partial charge in [0.2, 0.25) is 0 Å². The zero-order chi connectivity index (χ0) is 16.6. The van der Waals surface area contributed by atoms with Crippen molar-refractivity contribution in [2.24, 2.45) is 5.73 Å². The third-order valence-corrected chi connectivity index (χ3v) is 4.15. The highest BCUT2D eigenvalue weighted by atomic mass is 19.1. The molecule has 2 N–H and O–H groups in total. The minimum atomic E-state index is -0.630. The summed E-state index contributed by atoms with van der Waals surface area (Å²) >= 11 is 0. The van der Waals surface area contributed by atoms with Gasteiger partial charge in [-0.3, -0.25) is 9.69 Å². The van der Waals surface area contributed by atoms with Gasteiger partial charge in [0.05, 0.1) is 12.2 Å². The summed E-state index contributed by atoms with van der Waals surface area (Å²) in [5.74, 6) is -1.66. The molecule has 0 aliphatic carbocycles. The van der Waals surface area contributed by atoms with Gasteiger partial charge < -0.3 is 5.73 Å². The average molecular weight is 321 g/mol. The van der Waals surface area contributed by atoms with Crippen molar-refractivity contribution in [1.29, 1.82) is 0 Å². The average Bonchev–Trinajstić information content (AvgIpc) is 3.16. The van der Waals surface area contributed by atoms with E-state index in [0.717, 1.165) is 6.42 Å². The third kappa shape index (κ3) is 3.07. The first-order valence-corrected chi connectivity index (χ1v) is 7.33. The van der Waals surface area contributed by atoms with Crippen molar-refractivity contribution in [3.63, 3.8) is 0 Å². The number of primary amides is 1. The van der Waals surface area contributed by atoms with E-state index in [4.69, 9.17) is 5.73 Å². The van der Waals surface area contributed by atoms with E-state index in [-0.39, 0.29) is 23.8 Å². The van der Waals surface area contributed by atoms with Crippen LogP contribution in [-0.4, -0.2) is 38.9 Å². The summed E-state index contributed by atoms with van der Waals surface area (Å²) in [4.78, 5) is 13.0. The van der Waals surface area contributed by atoms with Crippen LogP contribution in [0.15, 0.2) is 18.3 Å². The van der Waals surface area contributed by atoms with Crippen molar-refractivity contribution in [3.05, 3.63) is 46.8 Å². The Kier molecular flexibility index (Phi) is 4.08. The maximum absolute atomic E-state index is 14.1. The molecule has 1 aromatic heterocycles. The molecule has 1 atom stereocenters. The fourth-order valence-electron chi connectivity index (χ4n) is 2.82. The molecule has 23 heavy (non-hydrogen) atoms. The second kappa shape index (κ2) is 6.04. The molecule has 1 aliphatic heterocycles. The molecule has 1 saturated heterocycles. The van der Waals surface area contributed by atoms with Gasteiger partial charge in [-0.2, -0.15) is 0 Å².